The van der Waals surface area contributed by atoms with Crippen LogP contribution in [0.3, 0.4) is 0 Å². The molecule has 0 radical (unpaired) electrons. The summed E-state index contributed by atoms with van der Waals surface area (Å²) < 4.78 is 5.29. The quantitative estimate of drug-likeness (QED) is 0.551. The Bertz CT molecular complexity index is 758. The molecule has 4 nitrogen and oxygen atoms in total. The first-order valence-electron chi connectivity index (χ1n) is 10.6. The number of carbonyl (C=O) groups is 1. The first-order valence-corrected chi connectivity index (χ1v) is 10.6. The van der Waals surface area contributed by atoms with E-state index in [9.17, 15) is 4.79 Å². The summed E-state index contributed by atoms with van der Waals surface area (Å²) in [6, 6.07) is 3.76. The van der Waals surface area contributed by atoms with Crippen LogP contribution < -0.4 is 10.5 Å². The van der Waals surface area contributed by atoms with E-state index in [-0.39, 0.29) is 11.7 Å². The Morgan fingerprint density at radius 3 is 2.71 bits per heavy atom. The molecule has 0 amide bonds. The molecule has 1 unspecified atom stereocenters. The number of Topliss-reactive ketones (excluding diaryl/α,β-unsaturated/α-hetero) is 1. The number of rotatable bonds is 7. The molecule has 3 rings (SSSR count). The second-order valence-electron chi connectivity index (χ2n) is 8.18. The lowest BCUT2D eigenvalue weighted by Gasteiger charge is -2.33. The largest absolute Gasteiger partial charge is 0.495 e. The number of nitrogens with two attached hydrogens (primary N) is 1. The fourth-order valence-corrected chi connectivity index (χ4v) is 4.57. The monoisotopic (exact) mass is 382 g/mol. The number of piperidine rings is 1. The Morgan fingerprint density at radius 1 is 1.32 bits per heavy atom. The molecule has 2 N–H and O–H groups in total. The molecule has 1 aromatic rings. The number of carbonyl (C=O) groups excluding carboxylic acids is 1. The Balaban J connectivity index is 1.53. The molecular formula is C24H34N2O2. The molecule has 1 aliphatic heterocycles. The zero-order valence-corrected chi connectivity index (χ0v) is 17.5. The van der Waals surface area contributed by atoms with E-state index < -0.39 is 0 Å². The number of nitrogens with zero attached hydrogens (tertiary/aromatic N) is 1. The number of benzene rings is 1. The highest BCUT2D eigenvalue weighted by molar-refractivity contribution is 6.03. The SMILES string of the molecule is C/C=C\C=C(/CC)CN1CCC(CC2Cc3cc(N)c(OC)cc3C2=O)CC1. The molecule has 1 heterocycles. The third-order valence-electron chi connectivity index (χ3n) is 6.29. The number of hydrogen-bond acceptors (Lipinski definition) is 4. The van der Waals surface area contributed by atoms with Crippen molar-refractivity contribution in [3.63, 3.8) is 0 Å². The number of allylic oxidation sites excluding steroid dienone is 3. The standard InChI is InChI=1S/C24H34N2O2/c1-4-6-7-17(5-2)16-26-10-8-18(9-11-26)12-20-13-19-14-22(25)23(28-3)15-21(19)24(20)27/h4,6-7,14-15,18,20H,5,8-13,16,25H2,1-3H3/b6-4-,17-7+. The highest BCUT2D eigenvalue weighted by Crippen LogP contribution is 2.37. The van der Waals surface area contributed by atoms with Gasteiger partial charge in [0.2, 0.25) is 0 Å². The van der Waals surface area contributed by atoms with Crippen molar-refractivity contribution < 1.29 is 9.53 Å². The third-order valence-corrected chi connectivity index (χ3v) is 6.29. The number of anilines is 1. The van der Waals surface area contributed by atoms with Gasteiger partial charge >= 0.3 is 0 Å². The van der Waals surface area contributed by atoms with Gasteiger partial charge in [0.1, 0.15) is 5.75 Å². The molecule has 1 fully saturated rings. The average molecular weight is 383 g/mol. The topological polar surface area (TPSA) is 55.6 Å². The maximum absolute atomic E-state index is 12.9. The summed E-state index contributed by atoms with van der Waals surface area (Å²) in [5, 5.41) is 0. The summed E-state index contributed by atoms with van der Waals surface area (Å²) in [7, 11) is 1.60. The minimum Gasteiger partial charge on any atom is -0.495 e. The smallest absolute Gasteiger partial charge is 0.166 e. The van der Waals surface area contributed by atoms with Gasteiger partial charge in [-0.1, -0.05) is 30.7 Å². The highest BCUT2D eigenvalue weighted by Gasteiger charge is 2.34. The van der Waals surface area contributed by atoms with Gasteiger partial charge in [-0.2, -0.15) is 0 Å². The summed E-state index contributed by atoms with van der Waals surface area (Å²) >= 11 is 0. The van der Waals surface area contributed by atoms with Crippen molar-refractivity contribution in [2.24, 2.45) is 11.8 Å². The van der Waals surface area contributed by atoms with Crippen LogP contribution in [-0.2, 0) is 6.42 Å². The van der Waals surface area contributed by atoms with Crippen LogP contribution in [0.15, 0.2) is 35.9 Å². The molecule has 152 valence electrons. The molecule has 0 saturated carbocycles. The van der Waals surface area contributed by atoms with Gasteiger partial charge in [-0.3, -0.25) is 9.69 Å². The summed E-state index contributed by atoms with van der Waals surface area (Å²) in [5.41, 5.74) is 10.0. The molecular weight excluding hydrogens is 348 g/mol. The van der Waals surface area contributed by atoms with E-state index in [0.717, 1.165) is 50.0 Å². The van der Waals surface area contributed by atoms with Crippen LogP contribution in [0.1, 0.15) is 55.5 Å². The summed E-state index contributed by atoms with van der Waals surface area (Å²) in [5.74, 6) is 1.64. The summed E-state index contributed by atoms with van der Waals surface area (Å²) in [6.45, 7) is 7.62. The minimum absolute atomic E-state index is 0.110. The first-order chi connectivity index (χ1) is 13.5. The normalized spacial score (nSPS) is 21.5. The number of methoxy groups -OCH3 is 1. The van der Waals surface area contributed by atoms with E-state index in [0.29, 0.717) is 17.4 Å². The molecule has 0 spiro atoms. The Labute approximate surface area is 169 Å². The van der Waals surface area contributed by atoms with Gasteiger partial charge in [-0.05, 0) is 75.7 Å². The summed E-state index contributed by atoms with van der Waals surface area (Å²) in [6.07, 6.45) is 11.8. The predicted molar refractivity (Wildman–Crippen MR) is 116 cm³/mol. The van der Waals surface area contributed by atoms with Crippen LogP contribution in [0.5, 0.6) is 5.75 Å². The molecule has 0 aromatic heterocycles. The van der Waals surface area contributed by atoms with Crippen molar-refractivity contribution in [3.8, 4) is 5.75 Å². The van der Waals surface area contributed by atoms with Crippen LogP contribution in [0.25, 0.3) is 0 Å². The summed E-state index contributed by atoms with van der Waals surface area (Å²) in [4.78, 5) is 15.4. The fourth-order valence-electron chi connectivity index (χ4n) is 4.57. The van der Waals surface area contributed by atoms with E-state index in [2.05, 4.69) is 37.0 Å². The molecule has 1 aromatic carbocycles. The van der Waals surface area contributed by atoms with E-state index in [1.807, 2.05) is 12.1 Å². The number of hydrogen-bond donors (Lipinski definition) is 1. The van der Waals surface area contributed by atoms with Gasteiger partial charge in [0.05, 0.1) is 12.8 Å². The zero-order chi connectivity index (χ0) is 20.1. The van der Waals surface area contributed by atoms with E-state index in [1.165, 1.54) is 18.4 Å². The average Bonchev–Trinajstić information content (AvgIpc) is 3.00. The molecule has 0 bridgehead atoms. The van der Waals surface area contributed by atoms with Gasteiger partial charge in [-0.15, -0.1) is 0 Å². The zero-order valence-electron chi connectivity index (χ0n) is 17.5. The number of ether oxygens (including phenoxy) is 1. The number of nitrogen functional groups attached to an aromatic ring is 1. The van der Waals surface area contributed by atoms with Gasteiger partial charge in [0, 0.05) is 18.0 Å². The van der Waals surface area contributed by atoms with E-state index >= 15 is 0 Å². The van der Waals surface area contributed by atoms with Crippen molar-refractivity contribution in [2.45, 2.75) is 46.0 Å². The molecule has 1 saturated heterocycles. The molecule has 1 aliphatic carbocycles. The van der Waals surface area contributed by atoms with Crippen LogP contribution in [0.4, 0.5) is 5.69 Å². The van der Waals surface area contributed by atoms with Crippen molar-refractivity contribution in [3.05, 3.63) is 47.1 Å². The number of fused-ring (bicyclic) bond motifs is 1. The van der Waals surface area contributed by atoms with E-state index in [1.54, 1.807) is 7.11 Å². The molecule has 28 heavy (non-hydrogen) atoms. The molecule has 4 heteroatoms. The minimum atomic E-state index is 0.110. The molecule has 1 atom stereocenters. The maximum atomic E-state index is 12.9. The number of likely N-dealkylation sites (tertiary alicyclic amines) is 1. The van der Waals surface area contributed by atoms with Crippen molar-refractivity contribution >= 4 is 11.5 Å². The highest BCUT2D eigenvalue weighted by atomic mass is 16.5. The van der Waals surface area contributed by atoms with Gasteiger partial charge < -0.3 is 10.5 Å². The fraction of sp³-hybridized carbons (Fsp3) is 0.542. The Kier molecular flexibility index (Phi) is 6.95. The first kappa shape index (κ1) is 20.7. The number of ketones is 1. The van der Waals surface area contributed by atoms with Gasteiger partial charge in [0.25, 0.3) is 0 Å². The lowest BCUT2D eigenvalue weighted by Crippen LogP contribution is -2.35. The molecule has 2 aliphatic rings. The van der Waals surface area contributed by atoms with Crippen LogP contribution in [0.2, 0.25) is 0 Å². The van der Waals surface area contributed by atoms with Crippen molar-refractivity contribution in [1.82, 2.24) is 4.90 Å². The second-order valence-corrected chi connectivity index (χ2v) is 8.18. The Hall–Kier alpha value is -2.07. The van der Waals surface area contributed by atoms with Crippen molar-refractivity contribution in [1.29, 1.82) is 0 Å². The van der Waals surface area contributed by atoms with Crippen LogP contribution in [-0.4, -0.2) is 37.4 Å². The van der Waals surface area contributed by atoms with Crippen molar-refractivity contribution in [2.75, 3.05) is 32.5 Å². The second kappa shape index (κ2) is 9.42. The van der Waals surface area contributed by atoms with Gasteiger partial charge in [-0.25, -0.2) is 0 Å². The maximum Gasteiger partial charge on any atom is 0.166 e. The van der Waals surface area contributed by atoms with E-state index in [4.69, 9.17) is 10.5 Å². The predicted octanol–water partition coefficient (Wildman–Crippen LogP) is 4.65. The lowest BCUT2D eigenvalue weighted by molar-refractivity contribution is 0.0899. The van der Waals surface area contributed by atoms with Crippen LogP contribution >= 0.6 is 0 Å². The van der Waals surface area contributed by atoms with Crippen LogP contribution in [0, 0.1) is 11.8 Å². The third kappa shape index (κ3) is 4.67. The van der Waals surface area contributed by atoms with Gasteiger partial charge in [0.15, 0.2) is 5.78 Å². The lowest BCUT2D eigenvalue weighted by atomic mass is 9.85. The Morgan fingerprint density at radius 2 is 2.07 bits per heavy atom.